The highest BCUT2D eigenvalue weighted by atomic mass is 79.9. The molecule has 1 N–H and O–H groups in total. The number of nitrogens with one attached hydrogen (secondary N) is 1. The van der Waals surface area contributed by atoms with Gasteiger partial charge in [0.1, 0.15) is 6.61 Å². The van der Waals surface area contributed by atoms with Crippen LogP contribution >= 0.6 is 15.9 Å². The Morgan fingerprint density at radius 1 is 1.13 bits per heavy atom. The molecule has 0 aliphatic carbocycles. The van der Waals surface area contributed by atoms with Gasteiger partial charge in [-0.25, -0.2) is 0 Å². The van der Waals surface area contributed by atoms with Crippen molar-refractivity contribution in [3.8, 4) is 11.5 Å². The molecule has 1 heterocycles. The van der Waals surface area contributed by atoms with Crippen LogP contribution in [0.4, 0.5) is 0 Å². The minimum Gasteiger partial charge on any atom is -0.490 e. The molecule has 164 valence electrons. The van der Waals surface area contributed by atoms with E-state index in [0.717, 1.165) is 68.3 Å². The quantitative estimate of drug-likeness (QED) is 0.482. The maximum Gasteiger partial charge on any atom is 0.175 e. The number of morpholine rings is 1. The molecule has 2 aromatic carbocycles. The van der Waals surface area contributed by atoms with Gasteiger partial charge in [-0.05, 0) is 78.1 Å². The largest absolute Gasteiger partial charge is 0.490 e. The van der Waals surface area contributed by atoms with Crippen molar-refractivity contribution in [1.29, 1.82) is 0 Å². The van der Waals surface area contributed by atoms with Gasteiger partial charge in [0.2, 0.25) is 0 Å². The lowest BCUT2D eigenvalue weighted by Gasteiger charge is -2.26. The second-order valence-electron chi connectivity index (χ2n) is 7.54. The van der Waals surface area contributed by atoms with Crippen LogP contribution in [-0.4, -0.2) is 50.9 Å². The molecule has 1 aliphatic rings. The first-order valence-corrected chi connectivity index (χ1v) is 11.6. The molecular weight excluding hydrogens is 444 g/mol. The first-order valence-electron chi connectivity index (χ1n) is 10.8. The third-order valence-corrected chi connectivity index (χ3v) is 5.85. The summed E-state index contributed by atoms with van der Waals surface area (Å²) in [5.41, 5.74) is 3.59. The van der Waals surface area contributed by atoms with Crippen molar-refractivity contribution in [2.24, 2.45) is 0 Å². The molecule has 5 nitrogen and oxygen atoms in total. The van der Waals surface area contributed by atoms with Gasteiger partial charge < -0.3 is 19.5 Å². The minimum absolute atomic E-state index is 0.518. The number of ether oxygens (including phenoxy) is 3. The monoisotopic (exact) mass is 476 g/mol. The first kappa shape index (κ1) is 23.1. The van der Waals surface area contributed by atoms with Crippen molar-refractivity contribution in [2.45, 2.75) is 33.4 Å². The summed E-state index contributed by atoms with van der Waals surface area (Å²) in [4.78, 5) is 2.47. The van der Waals surface area contributed by atoms with Crippen molar-refractivity contribution >= 4 is 15.9 Å². The molecule has 0 bridgehead atoms. The molecule has 0 atom stereocenters. The summed E-state index contributed by atoms with van der Waals surface area (Å²) in [6, 6.07) is 12.5. The Morgan fingerprint density at radius 2 is 1.93 bits per heavy atom. The predicted octanol–water partition coefficient (Wildman–Crippen LogP) is 4.55. The van der Waals surface area contributed by atoms with E-state index in [-0.39, 0.29) is 0 Å². The average molecular weight is 477 g/mol. The van der Waals surface area contributed by atoms with Gasteiger partial charge in [0.15, 0.2) is 11.5 Å². The summed E-state index contributed by atoms with van der Waals surface area (Å²) in [5.74, 6) is 1.54. The van der Waals surface area contributed by atoms with E-state index in [1.54, 1.807) is 0 Å². The molecule has 1 saturated heterocycles. The van der Waals surface area contributed by atoms with E-state index in [0.29, 0.717) is 13.2 Å². The maximum atomic E-state index is 6.14. The van der Waals surface area contributed by atoms with Crippen LogP contribution in [0.15, 0.2) is 40.9 Å². The van der Waals surface area contributed by atoms with Gasteiger partial charge >= 0.3 is 0 Å². The molecule has 6 heteroatoms. The van der Waals surface area contributed by atoms with Crippen LogP contribution in [0, 0.1) is 6.92 Å². The Bertz CT molecular complexity index is 794. The lowest BCUT2D eigenvalue weighted by molar-refractivity contribution is 0.0374. The number of aryl methyl sites for hydroxylation is 1. The van der Waals surface area contributed by atoms with Crippen LogP contribution in [0.1, 0.15) is 30.0 Å². The molecule has 0 unspecified atom stereocenters. The molecule has 0 amide bonds. The smallest absolute Gasteiger partial charge is 0.175 e. The Labute approximate surface area is 188 Å². The normalized spacial score (nSPS) is 14.6. The molecule has 0 aromatic heterocycles. The number of hydrogen-bond donors (Lipinski definition) is 1. The maximum absolute atomic E-state index is 6.14. The fourth-order valence-corrected chi connectivity index (χ4v) is 4.14. The minimum atomic E-state index is 0.518. The zero-order valence-corrected chi connectivity index (χ0v) is 19.7. The fraction of sp³-hybridized carbons (Fsp3) is 0.500. The van der Waals surface area contributed by atoms with E-state index in [9.17, 15) is 0 Å². The van der Waals surface area contributed by atoms with E-state index < -0.39 is 0 Å². The summed E-state index contributed by atoms with van der Waals surface area (Å²) >= 11 is 3.68. The zero-order valence-electron chi connectivity index (χ0n) is 18.1. The van der Waals surface area contributed by atoms with Crippen LogP contribution in [0.5, 0.6) is 11.5 Å². The second kappa shape index (κ2) is 12.3. The van der Waals surface area contributed by atoms with Crippen LogP contribution in [0.3, 0.4) is 0 Å². The highest BCUT2D eigenvalue weighted by molar-refractivity contribution is 9.10. The van der Waals surface area contributed by atoms with Gasteiger partial charge in [-0.3, -0.25) is 4.90 Å². The Hall–Kier alpha value is -1.60. The van der Waals surface area contributed by atoms with E-state index >= 15 is 0 Å². The van der Waals surface area contributed by atoms with Crippen LogP contribution in [0.25, 0.3) is 0 Å². The van der Waals surface area contributed by atoms with E-state index in [1.165, 1.54) is 16.7 Å². The van der Waals surface area contributed by atoms with Gasteiger partial charge in [0, 0.05) is 19.6 Å². The van der Waals surface area contributed by atoms with E-state index in [1.807, 2.05) is 19.1 Å². The topological polar surface area (TPSA) is 43.0 Å². The summed E-state index contributed by atoms with van der Waals surface area (Å²) in [7, 11) is 0. The standard InChI is InChI=1S/C24H33BrN2O3/c1-3-29-23-16-20(17-26-9-6-10-27-11-13-28-14-12-27)15-22(25)24(23)30-18-21-8-5-4-7-19(21)2/h4-5,7-8,15-16,26H,3,6,9-14,17-18H2,1-2H3. The highest BCUT2D eigenvalue weighted by Crippen LogP contribution is 2.37. The molecule has 3 rings (SSSR count). The average Bonchev–Trinajstić information content (AvgIpc) is 2.75. The predicted molar refractivity (Wildman–Crippen MR) is 124 cm³/mol. The molecule has 2 aromatic rings. The Balaban J connectivity index is 1.53. The van der Waals surface area contributed by atoms with Crippen molar-refractivity contribution in [2.75, 3.05) is 46.0 Å². The SMILES string of the molecule is CCOc1cc(CNCCCN2CCOCC2)cc(Br)c1OCc1ccccc1C. The van der Waals surface area contributed by atoms with Crippen LogP contribution in [0.2, 0.25) is 0 Å². The molecule has 0 spiro atoms. The number of benzene rings is 2. The van der Waals surface area contributed by atoms with Crippen molar-refractivity contribution in [1.82, 2.24) is 10.2 Å². The zero-order chi connectivity index (χ0) is 21.2. The van der Waals surface area contributed by atoms with Gasteiger partial charge in [-0.15, -0.1) is 0 Å². The van der Waals surface area contributed by atoms with Crippen molar-refractivity contribution in [3.05, 3.63) is 57.6 Å². The Kier molecular flexibility index (Phi) is 9.46. The number of rotatable bonds is 11. The van der Waals surface area contributed by atoms with Crippen LogP contribution in [-0.2, 0) is 17.9 Å². The third kappa shape index (κ3) is 6.98. The summed E-state index contributed by atoms with van der Waals surface area (Å²) in [6.45, 7) is 12.0. The van der Waals surface area contributed by atoms with Crippen LogP contribution < -0.4 is 14.8 Å². The van der Waals surface area contributed by atoms with Gasteiger partial charge in [0.05, 0.1) is 24.3 Å². The molecular formula is C24H33BrN2O3. The molecule has 0 radical (unpaired) electrons. The number of hydrogen-bond acceptors (Lipinski definition) is 5. The molecule has 1 fully saturated rings. The fourth-order valence-electron chi connectivity index (χ4n) is 3.53. The van der Waals surface area contributed by atoms with Crippen molar-refractivity contribution < 1.29 is 14.2 Å². The lowest BCUT2D eigenvalue weighted by Crippen LogP contribution is -2.37. The number of halogens is 1. The third-order valence-electron chi connectivity index (χ3n) is 5.26. The second-order valence-corrected chi connectivity index (χ2v) is 8.39. The van der Waals surface area contributed by atoms with Crippen molar-refractivity contribution in [3.63, 3.8) is 0 Å². The Morgan fingerprint density at radius 3 is 2.70 bits per heavy atom. The summed E-state index contributed by atoms with van der Waals surface area (Å²) in [5, 5.41) is 3.55. The number of nitrogens with zero attached hydrogens (tertiary/aromatic N) is 1. The lowest BCUT2D eigenvalue weighted by atomic mass is 10.1. The van der Waals surface area contributed by atoms with Gasteiger partial charge in [-0.1, -0.05) is 24.3 Å². The molecule has 0 saturated carbocycles. The first-order chi connectivity index (χ1) is 14.7. The molecule has 30 heavy (non-hydrogen) atoms. The molecule has 1 aliphatic heterocycles. The highest BCUT2D eigenvalue weighted by Gasteiger charge is 2.13. The van der Waals surface area contributed by atoms with E-state index in [2.05, 4.69) is 57.3 Å². The summed E-state index contributed by atoms with van der Waals surface area (Å²) in [6.07, 6.45) is 1.14. The van der Waals surface area contributed by atoms with E-state index in [4.69, 9.17) is 14.2 Å². The van der Waals surface area contributed by atoms with Gasteiger partial charge in [0.25, 0.3) is 0 Å². The summed E-state index contributed by atoms with van der Waals surface area (Å²) < 4.78 is 18.4. The van der Waals surface area contributed by atoms with Gasteiger partial charge in [-0.2, -0.15) is 0 Å².